The normalized spacial score (nSPS) is 14.7. The second-order valence-electron chi connectivity index (χ2n) is 6.75. The van der Waals surface area contributed by atoms with Crippen molar-refractivity contribution in [3.8, 4) is 11.5 Å². The zero-order valence-electron chi connectivity index (χ0n) is 15.0. The Hall–Kier alpha value is -1.71. The highest BCUT2D eigenvalue weighted by molar-refractivity contribution is 6.32. The summed E-state index contributed by atoms with van der Waals surface area (Å²) in [7, 11) is 1.65. The van der Waals surface area contributed by atoms with Crippen LogP contribution in [0.4, 0.5) is 0 Å². The number of ether oxygens (including phenoxy) is 2. The van der Waals surface area contributed by atoms with E-state index in [0.717, 1.165) is 17.7 Å². The average molecular weight is 360 g/mol. The van der Waals surface area contributed by atoms with Crippen molar-refractivity contribution in [1.82, 2.24) is 5.32 Å². The Balaban J connectivity index is 1.68. The van der Waals surface area contributed by atoms with E-state index in [1.54, 1.807) is 7.11 Å². The summed E-state index contributed by atoms with van der Waals surface area (Å²) >= 11 is 6.47. The minimum atomic E-state index is 0.470. The Kier molecular flexibility index (Phi) is 6.22. The van der Waals surface area contributed by atoms with Crippen molar-refractivity contribution >= 4 is 11.6 Å². The Morgan fingerprint density at radius 2 is 1.92 bits per heavy atom. The summed E-state index contributed by atoms with van der Waals surface area (Å²) in [6.07, 6.45) is 5.19. The van der Waals surface area contributed by atoms with Crippen LogP contribution in [0.2, 0.25) is 5.02 Å². The first-order valence-corrected chi connectivity index (χ1v) is 9.31. The van der Waals surface area contributed by atoms with Crippen molar-refractivity contribution in [2.75, 3.05) is 7.11 Å². The molecule has 0 aliphatic heterocycles. The summed E-state index contributed by atoms with van der Waals surface area (Å²) in [4.78, 5) is 0. The zero-order chi connectivity index (χ0) is 17.6. The van der Waals surface area contributed by atoms with E-state index in [2.05, 4.69) is 24.4 Å². The van der Waals surface area contributed by atoms with Gasteiger partial charge >= 0.3 is 0 Å². The molecular weight excluding hydrogens is 334 g/mol. The van der Waals surface area contributed by atoms with Gasteiger partial charge in [0.2, 0.25) is 0 Å². The standard InChI is InChI=1S/C21H26ClNO2/c1-15-6-5-7-16(10-15)14-25-21-19(22)11-17(12-20(21)24-2)13-23-18-8-3-4-9-18/h5-7,10-12,18,23H,3-4,8-9,13-14H2,1-2H3. The smallest absolute Gasteiger partial charge is 0.180 e. The van der Waals surface area contributed by atoms with Crippen molar-refractivity contribution in [3.63, 3.8) is 0 Å². The number of nitrogens with one attached hydrogen (secondary N) is 1. The molecule has 0 saturated heterocycles. The van der Waals surface area contributed by atoms with Gasteiger partial charge in [-0.2, -0.15) is 0 Å². The van der Waals surface area contributed by atoms with Crippen LogP contribution in [0.15, 0.2) is 36.4 Å². The predicted octanol–water partition coefficient (Wildman–Crippen LogP) is 5.27. The van der Waals surface area contributed by atoms with Crippen LogP contribution in [-0.4, -0.2) is 13.2 Å². The molecule has 3 rings (SSSR count). The van der Waals surface area contributed by atoms with Gasteiger partial charge < -0.3 is 14.8 Å². The third-order valence-electron chi connectivity index (χ3n) is 4.70. The highest BCUT2D eigenvalue weighted by atomic mass is 35.5. The number of halogens is 1. The molecule has 3 nitrogen and oxygen atoms in total. The van der Waals surface area contributed by atoms with E-state index in [-0.39, 0.29) is 0 Å². The minimum absolute atomic E-state index is 0.470. The van der Waals surface area contributed by atoms with Gasteiger partial charge in [-0.3, -0.25) is 0 Å². The van der Waals surface area contributed by atoms with E-state index in [9.17, 15) is 0 Å². The van der Waals surface area contributed by atoms with Gasteiger partial charge in [-0.1, -0.05) is 54.3 Å². The summed E-state index contributed by atoms with van der Waals surface area (Å²) in [5.74, 6) is 1.29. The van der Waals surface area contributed by atoms with E-state index in [4.69, 9.17) is 21.1 Å². The largest absolute Gasteiger partial charge is 0.493 e. The van der Waals surface area contributed by atoms with Crippen LogP contribution < -0.4 is 14.8 Å². The third kappa shape index (κ3) is 4.90. The van der Waals surface area contributed by atoms with E-state index in [1.165, 1.54) is 31.2 Å². The number of benzene rings is 2. The molecule has 0 unspecified atom stereocenters. The van der Waals surface area contributed by atoms with Crippen molar-refractivity contribution in [2.45, 2.75) is 51.8 Å². The molecule has 1 saturated carbocycles. The Morgan fingerprint density at radius 3 is 2.64 bits per heavy atom. The lowest BCUT2D eigenvalue weighted by atomic mass is 10.1. The van der Waals surface area contributed by atoms with Gasteiger partial charge in [-0.05, 0) is 43.0 Å². The fraction of sp³-hybridized carbons (Fsp3) is 0.429. The van der Waals surface area contributed by atoms with Crippen molar-refractivity contribution in [2.24, 2.45) is 0 Å². The lowest BCUT2D eigenvalue weighted by Crippen LogP contribution is -2.25. The summed E-state index contributed by atoms with van der Waals surface area (Å²) in [6.45, 7) is 3.35. The van der Waals surface area contributed by atoms with Gasteiger partial charge in [0.1, 0.15) is 6.61 Å². The van der Waals surface area contributed by atoms with Crippen molar-refractivity contribution in [3.05, 3.63) is 58.1 Å². The van der Waals surface area contributed by atoms with E-state index in [0.29, 0.717) is 29.2 Å². The first-order chi connectivity index (χ1) is 12.2. The summed E-state index contributed by atoms with van der Waals surface area (Å²) in [5, 5.41) is 4.20. The Labute approximate surface area is 155 Å². The average Bonchev–Trinajstić information content (AvgIpc) is 3.12. The predicted molar refractivity (Wildman–Crippen MR) is 103 cm³/mol. The summed E-state index contributed by atoms with van der Waals surface area (Å²) < 4.78 is 11.5. The maximum atomic E-state index is 6.47. The molecule has 1 fully saturated rings. The first-order valence-electron chi connectivity index (χ1n) is 8.94. The third-order valence-corrected chi connectivity index (χ3v) is 4.99. The van der Waals surface area contributed by atoms with E-state index in [1.807, 2.05) is 24.3 Å². The molecule has 134 valence electrons. The van der Waals surface area contributed by atoms with Gasteiger partial charge in [-0.25, -0.2) is 0 Å². The van der Waals surface area contributed by atoms with Crippen LogP contribution in [0.25, 0.3) is 0 Å². The number of methoxy groups -OCH3 is 1. The maximum Gasteiger partial charge on any atom is 0.180 e. The highest BCUT2D eigenvalue weighted by Gasteiger charge is 2.16. The second kappa shape index (κ2) is 8.59. The molecule has 4 heteroatoms. The number of rotatable bonds is 7. The molecule has 0 heterocycles. The quantitative estimate of drug-likeness (QED) is 0.730. The molecule has 1 aliphatic rings. The summed E-state index contributed by atoms with van der Waals surface area (Å²) in [6, 6.07) is 12.9. The molecule has 1 N–H and O–H groups in total. The first kappa shape index (κ1) is 18.1. The van der Waals surface area contributed by atoms with Gasteiger partial charge in [0, 0.05) is 12.6 Å². The minimum Gasteiger partial charge on any atom is -0.493 e. The molecule has 25 heavy (non-hydrogen) atoms. The van der Waals surface area contributed by atoms with Gasteiger partial charge in [0.15, 0.2) is 11.5 Å². The number of aryl methyl sites for hydroxylation is 1. The highest BCUT2D eigenvalue weighted by Crippen LogP contribution is 2.37. The van der Waals surface area contributed by atoms with Crippen LogP contribution >= 0.6 is 11.6 Å². The molecule has 2 aromatic rings. The van der Waals surface area contributed by atoms with E-state index < -0.39 is 0 Å². The second-order valence-corrected chi connectivity index (χ2v) is 7.16. The Bertz CT molecular complexity index is 711. The fourth-order valence-corrected chi connectivity index (χ4v) is 3.65. The molecule has 0 aromatic heterocycles. The molecule has 1 aliphatic carbocycles. The lowest BCUT2D eigenvalue weighted by Gasteiger charge is -2.16. The lowest BCUT2D eigenvalue weighted by molar-refractivity contribution is 0.284. The van der Waals surface area contributed by atoms with Gasteiger partial charge in [0.25, 0.3) is 0 Å². The monoisotopic (exact) mass is 359 g/mol. The SMILES string of the molecule is COc1cc(CNC2CCCC2)cc(Cl)c1OCc1cccc(C)c1. The number of hydrogen-bond donors (Lipinski definition) is 1. The zero-order valence-corrected chi connectivity index (χ0v) is 15.7. The van der Waals surface area contributed by atoms with Crippen LogP contribution in [0.5, 0.6) is 11.5 Å². The Morgan fingerprint density at radius 1 is 1.12 bits per heavy atom. The van der Waals surface area contributed by atoms with E-state index >= 15 is 0 Å². The van der Waals surface area contributed by atoms with Crippen molar-refractivity contribution in [1.29, 1.82) is 0 Å². The van der Waals surface area contributed by atoms with Crippen LogP contribution in [0.1, 0.15) is 42.4 Å². The van der Waals surface area contributed by atoms with Crippen molar-refractivity contribution < 1.29 is 9.47 Å². The maximum absolute atomic E-state index is 6.47. The number of hydrogen-bond acceptors (Lipinski definition) is 3. The fourth-order valence-electron chi connectivity index (χ4n) is 3.36. The molecular formula is C21H26ClNO2. The van der Waals surface area contributed by atoms with Crippen LogP contribution in [0, 0.1) is 6.92 Å². The molecule has 0 radical (unpaired) electrons. The van der Waals surface area contributed by atoms with Gasteiger partial charge in [-0.15, -0.1) is 0 Å². The topological polar surface area (TPSA) is 30.5 Å². The van der Waals surface area contributed by atoms with Crippen LogP contribution in [0.3, 0.4) is 0 Å². The molecule has 0 atom stereocenters. The molecule has 0 amide bonds. The molecule has 2 aromatic carbocycles. The van der Waals surface area contributed by atoms with Gasteiger partial charge in [0.05, 0.1) is 12.1 Å². The molecule has 0 spiro atoms. The molecule has 0 bridgehead atoms. The summed E-state index contributed by atoms with van der Waals surface area (Å²) in [5.41, 5.74) is 3.45. The van der Waals surface area contributed by atoms with Crippen LogP contribution in [-0.2, 0) is 13.2 Å².